The minimum atomic E-state index is -0.621. The van der Waals surface area contributed by atoms with Crippen LogP contribution in [0.1, 0.15) is 91.8 Å². The van der Waals surface area contributed by atoms with E-state index >= 15 is 0 Å². The Labute approximate surface area is 222 Å². The van der Waals surface area contributed by atoms with E-state index in [9.17, 15) is 4.79 Å². The molecule has 1 rings (SSSR count). The summed E-state index contributed by atoms with van der Waals surface area (Å²) in [4.78, 5) is 20.8. The van der Waals surface area contributed by atoms with Crippen LogP contribution in [0.5, 0.6) is 0 Å². The summed E-state index contributed by atoms with van der Waals surface area (Å²) >= 11 is 1.61. The summed E-state index contributed by atoms with van der Waals surface area (Å²) in [5, 5.41) is 7.05. The number of nitrogens with zero attached hydrogens (tertiary/aromatic N) is 4. The van der Waals surface area contributed by atoms with E-state index in [1.165, 1.54) is 5.57 Å². The first-order chi connectivity index (χ1) is 16.9. The maximum atomic E-state index is 13.3. The van der Waals surface area contributed by atoms with Crippen LogP contribution in [-0.4, -0.2) is 23.9 Å². The van der Waals surface area contributed by atoms with Gasteiger partial charge in [-0.3, -0.25) is 4.79 Å². The maximum absolute atomic E-state index is 13.3. The Morgan fingerprint density at radius 3 is 2.50 bits per heavy atom. The number of carbonyl (C=O) groups excluding carboxylic acids is 1. The van der Waals surface area contributed by atoms with Gasteiger partial charge in [-0.25, -0.2) is 4.98 Å². The Morgan fingerprint density at radius 2 is 1.97 bits per heavy atom. The molecule has 1 aromatic rings. The normalized spacial score (nSPS) is 16.7. The second kappa shape index (κ2) is 15.0. The van der Waals surface area contributed by atoms with Crippen molar-refractivity contribution in [2.24, 2.45) is 28.3 Å². The largest absolute Gasteiger partial charge is 0.500 e. The van der Waals surface area contributed by atoms with E-state index in [1.54, 1.807) is 18.4 Å². The van der Waals surface area contributed by atoms with Gasteiger partial charge in [-0.05, 0) is 90.3 Å². The second-order valence-corrected chi connectivity index (χ2v) is 11.6. The fourth-order valence-electron chi connectivity index (χ4n) is 4.70. The van der Waals surface area contributed by atoms with Crippen molar-refractivity contribution in [3.05, 3.63) is 55.6 Å². The van der Waals surface area contributed by atoms with E-state index in [0.29, 0.717) is 12.3 Å². The molecule has 7 heteroatoms. The van der Waals surface area contributed by atoms with E-state index in [-0.39, 0.29) is 23.7 Å². The van der Waals surface area contributed by atoms with Gasteiger partial charge in [0.2, 0.25) is 0 Å². The van der Waals surface area contributed by atoms with Crippen LogP contribution in [0.4, 0.5) is 0 Å². The van der Waals surface area contributed by atoms with Crippen molar-refractivity contribution in [3.63, 3.8) is 0 Å². The third kappa shape index (κ3) is 9.25. The average molecular weight is 515 g/mol. The highest BCUT2D eigenvalue weighted by Crippen LogP contribution is 2.36. The number of rotatable bonds is 15. The van der Waals surface area contributed by atoms with Crippen molar-refractivity contribution >= 4 is 23.2 Å². The number of ether oxygens (including phenoxy) is 1. The smallest absolute Gasteiger partial charge is 0.149 e. The number of carbonyl (C=O) groups is 1. The highest BCUT2D eigenvalue weighted by Gasteiger charge is 2.38. The van der Waals surface area contributed by atoms with Crippen LogP contribution in [0.3, 0.4) is 0 Å². The highest BCUT2D eigenvalue weighted by molar-refractivity contribution is 7.09. The number of hydrogen-bond donors (Lipinski definition) is 0. The Morgan fingerprint density at radius 1 is 1.31 bits per heavy atom. The quantitative estimate of drug-likeness (QED) is 0.0768. The number of allylic oxidation sites excluding steroid dienone is 3. The summed E-state index contributed by atoms with van der Waals surface area (Å²) in [5.41, 5.74) is 11.6. The van der Waals surface area contributed by atoms with Crippen LogP contribution in [0, 0.1) is 30.1 Å². The number of hydrogen-bond acceptors (Lipinski definition) is 5. The number of aryl methyl sites for hydroxylation is 1. The fraction of sp³-hybridized carbons (Fsp3) is 0.655. The van der Waals surface area contributed by atoms with Crippen LogP contribution in [0.15, 0.2) is 39.6 Å². The number of azide groups is 1. The zero-order valence-electron chi connectivity index (χ0n) is 24.0. The Bertz CT molecular complexity index is 999. The molecule has 0 radical (unpaired) electrons. The second-order valence-electron chi connectivity index (χ2n) is 10.6. The molecular weight excluding hydrogens is 468 g/mol. The molecule has 0 aliphatic heterocycles. The van der Waals surface area contributed by atoms with Gasteiger partial charge < -0.3 is 4.74 Å². The number of methoxy groups -OCH3 is 1. The lowest BCUT2D eigenvalue weighted by Gasteiger charge is -2.33. The molecule has 0 N–H and O–H groups in total. The summed E-state index contributed by atoms with van der Waals surface area (Å²) in [7, 11) is 1.63. The molecule has 0 aliphatic carbocycles. The van der Waals surface area contributed by atoms with Gasteiger partial charge in [-0.15, -0.1) is 11.3 Å². The summed E-state index contributed by atoms with van der Waals surface area (Å²) in [6.07, 6.45) is 9.88. The molecule has 0 aromatic carbocycles. The molecule has 1 heterocycles. The number of ketones is 1. The van der Waals surface area contributed by atoms with Crippen LogP contribution < -0.4 is 0 Å². The zero-order chi connectivity index (χ0) is 27.5. The van der Waals surface area contributed by atoms with E-state index in [0.717, 1.165) is 41.3 Å². The first kappa shape index (κ1) is 31.7. The molecule has 0 saturated carbocycles. The lowest BCUT2D eigenvalue weighted by molar-refractivity contribution is -0.132. The van der Waals surface area contributed by atoms with E-state index in [2.05, 4.69) is 48.8 Å². The molecule has 4 atom stereocenters. The third-order valence-corrected chi connectivity index (χ3v) is 8.25. The van der Waals surface area contributed by atoms with Gasteiger partial charge in [-0.2, -0.15) is 0 Å². The minimum Gasteiger partial charge on any atom is -0.500 e. The summed E-state index contributed by atoms with van der Waals surface area (Å²) < 4.78 is 5.47. The number of aromatic nitrogens is 1. The number of Topliss-reactive ketones (excluding diaryl/α,β-unsaturated/α-hetero) is 1. The Hall–Kier alpha value is -2.37. The molecule has 200 valence electrons. The first-order valence-corrected chi connectivity index (χ1v) is 13.8. The van der Waals surface area contributed by atoms with Gasteiger partial charge in [0, 0.05) is 16.2 Å². The van der Waals surface area contributed by atoms with E-state index < -0.39 is 5.41 Å². The number of thiazole rings is 1. The molecule has 1 unspecified atom stereocenters. The molecule has 0 aliphatic rings. The van der Waals surface area contributed by atoms with Gasteiger partial charge in [-0.1, -0.05) is 49.5 Å². The molecule has 0 amide bonds. The lowest BCUT2D eigenvalue weighted by Crippen LogP contribution is -2.36. The zero-order valence-corrected chi connectivity index (χ0v) is 24.8. The van der Waals surface area contributed by atoms with Crippen molar-refractivity contribution < 1.29 is 9.53 Å². The van der Waals surface area contributed by atoms with Crippen molar-refractivity contribution in [2.75, 3.05) is 7.11 Å². The standard InChI is InChI=1S/C29H46N4O2S/c1-11-27(35-10)29(8,9)28(34)23(6)22(5)20(3)14-12-13-19(2)15-16-26(32-33-30)21(4)17-25-18-36-24(7)31-25/h11,15,17-18,20,22-23,26H,12-14,16H2,1-10H3/b19-15-,21-17+,27-11-/t20-,22-,23+,26?/m0/s1. The van der Waals surface area contributed by atoms with Crippen LogP contribution >= 0.6 is 11.3 Å². The molecular formula is C29H46N4O2S. The predicted octanol–water partition coefficient (Wildman–Crippen LogP) is 9.09. The summed E-state index contributed by atoms with van der Waals surface area (Å²) in [6, 6.07) is -0.213. The van der Waals surface area contributed by atoms with Crippen molar-refractivity contribution in [2.45, 2.75) is 94.0 Å². The van der Waals surface area contributed by atoms with E-state index in [4.69, 9.17) is 10.3 Å². The molecule has 1 aromatic heterocycles. The minimum absolute atomic E-state index is 0.0439. The van der Waals surface area contributed by atoms with Crippen molar-refractivity contribution in [3.8, 4) is 0 Å². The van der Waals surface area contributed by atoms with Gasteiger partial charge >= 0.3 is 0 Å². The lowest BCUT2D eigenvalue weighted by atomic mass is 9.72. The van der Waals surface area contributed by atoms with Crippen LogP contribution in [0.2, 0.25) is 0 Å². The van der Waals surface area contributed by atoms with Gasteiger partial charge in [0.1, 0.15) is 11.5 Å². The maximum Gasteiger partial charge on any atom is 0.149 e. The molecule has 0 spiro atoms. The van der Waals surface area contributed by atoms with Gasteiger partial charge in [0.25, 0.3) is 0 Å². The van der Waals surface area contributed by atoms with Gasteiger partial charge in [0.15, 0.2) is 0 Å². The monoisotopic (exact) mass is 514 g/mol. The van der Waals surface area contributed by atoms with Crippen LogP contribution in [0.25, 0.3) is 16.5 Å². The van der Waals surface area contributed by atoms with Crippen molar-refractivity contribution in [1.29, 1.82) is 0 Å². The van der Waals surface area contributed by atoms with Gasteiger partial charge in [0.05, 0.1) is 29.3 Å². The average Bonchev–Trinajstić information content (AvgIpc) is 3.24. The molecule has 36 heavy (non-hydrogen) atoms. The van der Waals surface area contributed by atoms with E-state index in [1.807, 2.05) is 52.2 Å². The molecule has 0 saturated heterocycles. The Kier molecular flexibility index (Phi) is 13.2. The molecule has 0 bridgehead atoms. The molecule has 0 fully saturated rings. The third-order valence-electron chi connectivity index (χ3n) is 7.46. The summed E-state index contributed by atoms with van der Waals surface area (Å²) in [6.45, 7) is 18.4. The summed E-state index contributed by atoms with van der Waals surface area (Å²) in [5.74, 6) is 1.64. The predicted molar refractivity (Wildman–Crippen MR) is 153 cm³/mol. The Balaban J connectivity index is 2.67. The van der Waals surface area contributed by atoms with Crippen molar-refractivity contribution in [1.82, 2.24) is 4.98 Å². The molecule has 6 nitrogen and oxygen atoms in total. The SMILES string of the molecule is C/C=C(\OC)C(C)(C)C(=O)[C@H](C)[C@@H](C)[C@@H](C)CCC/C(C)=C\CC(N=[N+]=[N-])/C(C)=C/c1csc(C)n1. The topological polar surface area (TPSA) is 88.0 Å². The fourth-order valence-corrected chi connectivity index (χ4v) is 5.27. The highest BCUT2D eigenvalue weighted by atomic mass is 32.1. The first-order valence-electron chi connectivity index (χ1n) is 12.9. The van der Waals surface area contributed by atoms with Crippen LogP contribution in [-0.2, 0) is 9.53 Å².